The topological polar surface area (TPSA) is 58.6 Å². The van der Waals surface area contributed by atoms with Gasteiger partial charge in [-0.1, -0.05) is 0 Å². The molecule has 0 N–H and O–H groups in total. The lowest BCUT2D eigenvalue weighted by Crippen LogP contribution is -2.51. The molecule has 1 atom stereocenters. The van der Waals surface area contributed by atoms with Crippen molar-refractivity contribution < 1.29 is 9.53 Å². The number of methoxy groups -OCH3 is 1. The van der Waals surface area contributed by atoms with Crippen molar-refractivity contribution in [3.63, 3.8) is 0 Å². The minimum Gasteiger partial charge on any atom is -0.383 e. The number of anilines is 1. The number of ether oxygens (including phenoxy) is 1. The van der Waals surface area contributed by atoms with Crippen LogP contribution in [0.15, 0.2) is 17.8 Å². The summed E-state index contributed by atoms with van der Waals surface area (Å²) in [5.41, 5.74) is 0.739. The highest BCUT2D eigenvalue weighted by molar-refractivity contribution is 7.17. The van der Waals surface area contributed by atoms with Gasteiger partial charge in [-0.15, -0.1) is 11.3 Å². The number of carbonyl (C=O) groups is 1. The van der Waals surface area contributed by atoms with Crippen molar-refractivity contribution in [2.45, 2.75) is 19.3 Å². The van der Waals surface area contributed by atoms with Crippen molar-refractivity contribution >= 4 is 33.3 Å². The number of aromatic nitrogens is 2. The van der Waals surface area contributed by atoms with Gasteiger partial charge in [0.15, 0.2) is 0 Å². The first-order valence-corrected chi connectivity index (χ1v) is 9.33. The Morgan fingerprint density at radius 2 is 2.25 bits per heavy atom. The molecule has 0 aromatic carbocycles. The van der Waals surface area contributed by atoms with Gasteiger partial charge in [0.1, 0.15) is 12.1 Å². The molecule has 24 heavy (non-hydrogen) atoms. The average molecular weight is 346 g/mol. The fourth-order valence-electron chi connectivity index (χ4n) is 4.00. The van der Waals surface area contributed by atoms with E-state index in [0.717, 1.165) is 54.9 Å². The highest BCUT2D eigenvalue weighted by atomic mass is 32.1. The molecule has 0 aliphatic carbocycles. The van der Waals surface area contributed by atoms with Crippen LogP contribution in [0.2, 0.25) is 0 Å². The second-order valence-corrected chi connectivity index (χ2v) is 7.59. The average Bonchev–Trinajstić information content (AvgIpc) is 3.24. The summed E-state index contributed by atoms with van der Waals surface area (Å²) in [7, 11) is 1.68. The van der Waals surface area contributed by atoms with E-state index >= 15 is 0 Å². The monoisotopic (exact) mass is 346 g/mol. The molecular formula is C17H22N4O2S. The number of likely N-dealkylation sites (tertiary alicyclic amines) is 1. The minimum atomic E-state index is -0.249. The number of piperidine rings is 1. The lowest BCUT2D eigenvalue weighted by atomic mass is 9.78. The highest BCUT2D eigenvalue weighted by Gasteiger charge is 2.48. The molecule has 1 amide bonds. The number of amides is 1. The molecule has 0 bridgehead atoms. The summed E-state index contributed by atoms with van der Waals surface area (Å²) in [6.45, 7) is 3.80. The van der Waals surface area contributed by atoms with E-state index in [2.05, 4.69) is 14.9 Å². The number of hydrogen-bond donors (Lipinski definition) is 0. The van der Waals surface area contributed by atoms with Crippen molar-refractivity contribution in [2.24, 2.45) is 5.41 Å². The van der Waals surface area contributed by atoms with Crippen LogP contribution in [0.3, 0.4) is 0 Å². The number of nitrogens with zero attached hydrogens (tertiary/aromatic N) is 4. The number of rotatable bonds is 4. The fourth-order valence-corrected chi connectivity index (χ4v) is 4.86. The zero-order valence-electron chi connectivity index (χ0n) is 13.9. The van der Waals surface area contributed by atoms with Gasteiger partial charge in [-0.25, -0.2) is 9.97 Å². The summed E-state index contributed by atoms with van der Waals surface area (Å²) < 4.78 is 6.27. The molecule has 2 aromatic heterocycles. The van der Waals surface area contributed by atoms with Crippen molar-refractivity contribution in [3.05, 3.63) is 17.8 Å². The maximum absolute atomic E-state index is 13.1. The Bertz CT molecular complexity index is 749. The van der Waals surface area contributed by atoms with Gasteiger partial charge in [-0.2, -0.15) is 0 Å². The van der Waals surface area contributed by atoms with Crippen LogP contribution in [-0.2, 0) is 9.53 Å². The van der Waals surface area contributed by atoms with Gasteiger partial charge in [0, 0.05) is 33.3 Å². The Balaban J connectivity index is 1.57. The van der Waals surface area contributed by atoms with Gasteiger partial charge in [0.2, 0.25) is 5.91 Å². The standard InChI is InChI=1S/C17H22N4O2S/c1-23-9-8-20-6-2-4-17(16(20)22)5-7-21(11-17)15-14-13(3-10-24-14)18-12-19-15/h3,10,12H,2,4-9,11H2,1H3. The molecule has 128 valence electrons. The first-order chi connectivity index (χ1) is 11.7. The first kappa shape index (κ1) is 15.8. The summed E-state index contributed by atoms with van der Waals surface area (Å²) >= 11 is 1.67. The molecule has 2 saturated heterocycles. The Morgan fingerprint density at radius 1 is 1.33 bits per heavy atom. The van der Waals surface area contributed by atoms with Gasteiger partial charge in [0.05, 0.1) is 22.2 Å². The van der Waals surface area contributed by atoms with E-state index in [4.69, 9.17) is 4.74 Å². The van der Waals surface area contributed by atoms with Crippen LogP contribution >= 0.6 is 11.3 Å². The molecule has 4 rings (SSSR count). The van der Waals surface area contributed by atoms with Crippen molar-refractivity contribution in [3.8, 4) is 0 Å². The van der Waals surface area contributed by atoms with Crippen LogP contribution < -0.4 is 4.90 Å². The molecule has 1 unspecified atom stereocenters. The highest BCUT2D eigenvalue weighted by Crippen LogP contribution is 2.42. The maximum Gasteiger partial charge on any atom is 0.230 e. The predicted molar refractivity (Wildman–Crippen MR) is 94.4 cm³/mol. The third-order valence-electron chi connectivity index (χ3n) is 5.27. The van der Waals surface area contributed by atoms with Gasteiger partial charge in [-0.05, 0) is 30.7 Å². The third-order valence-corrected chi connectivity index (χ3v) is 6.17. The Labute approximate surface area is 145 Å². The van der Waals surface area contributed by atoms with Crippen LogP contribution in [0.5, 0.6) is 0 Å². The van der Waals surface area contributed by atoms with Gasteiger partial charge >= 0.3 is 0 Å². The van der Waals surface area contributed by atoms with Crippen LogP contribution in [0, 0.1) is 5.41 Å². The second-order valence-electron chi connectivity index (χ2n) is 6.67. The van der Waals surface area contributed by atoms with Crippen LogP contribution in [-0.4, -0.2) is 60.7 Å². The van der Waals surface area contributed by atoms with Crippen molar-refractivity contribution in [2.75, 3.05) is 44.8 Å². The Kier molecular flexibility index (Phi) is 4.14. The Hall–Kier alpha value is -1.73. The van der Waals surface area contributed by atoms with Crippen LogP contribution in [0.4, 0.5) is 5.82 Å². The van der Waals surface area contributed by atoms with E-state index in [0.29, 0.717) is 19.1 Å². The van der Waals surface area contributed by atoms with Crippen molar-refractivity contribution in [1.82, 2.24) is 14.9 Å². The maximum atomic E-state index is 13.1. The fraction of sp³-hybridized carbons (Fsp3) is 0.588. The van der Waals surface area contributed by atoms with Gasteiger partial charge < -0.3 is 14.5 Å². The lowest BCUT2D eigenvalue weighted by Gasteiger charge is -2.39. The summed E-state index contributed by atoms with van der Waals surface area (Å²) in [6, 6.07) is 2.02. The van der Waals surface area contributed by atoms with Gasteiger partial charge in [0.25, 0.3) is 0 Å². The quantitative estimate of drug-likeness (QED) is 0.849. The zero-order valence-corrected chi connectivity index (χ0v) is 14.7. The smallest absolute Gasteiger partial charge is 0.230 e. The van der Waals surface area contributed by atoms with E-state index in [9.17, 15) is 4.79 Å². The molecule has 1 spiro atoms. The molecule has 2 aliphatic rings. The van der Waals surface area contributed by atoms with Crippen LogP contribution in [0.25, 0.3) is 10.2 Å². The molecular weight excluding hydrogens is 324 g/mol. The molecule has 0 radical (unpaired) electrons. The second kappa shape index (κ2) is 6.29. The molecule has 2 aromatic rings. The predicted octanol–water partition coefficient (Wildman–Crippen LogP) is 2.16. The third kappa shape index (κ3) is 2.56. The van der Waals surface area contributed by atoms with Crippen LogP contribution in [0.1, 0.15) is 19.3 Å². The number of hydrogen-bond acceptors (Lipinski definition) is 6. The number of thiophene rings is 1. The summed E-state index contributed by atoms with van der Waals surface area (Å²) in [5, 5.41) is 2.05. The number of carbonyl (C=O) groups excluding carboxylic acids is 1. The largest absolute Gasteiger partial charge is 0.383 e. The first-order valence-electron chi connectivity index (χ1n) is 8.45. The number of fused-ring (bicyclic) bond motifs is 1. The normalized spacial score (nSPS) is 24.5. The summed E-state index contributed by atoms with van der Waals surface area (Å²) in [5.74, 6) is 1.28. The minimum absolute atomic E-state index is 0.249. The van der Waals surface area contributed by atoms with E-state index in [1.165, 1.54) is 0 Å². The molecule has 4 heterocycles. The molecule has 7 heteroatoms. The van der Waals surface area contributed by atoms with E-state index in [-0.39, 0.29) is 5.41 Å². The van der Waals surface area contributed by atoms with E-state index in [1.54, 1.807) is 24.8 Å². The lowest BCUT2D eigenvalue weighted by molar-refractivity contribution is -0.145. The zero-order chi connectivity index (χ0) is 16.6. The van der Waals surface area contributed by atoms with Gasteiger partial charge in [-0.3, -0.25) is 4.79 Å². The molecule has 2 aliphatic heterocycles. The Morgan fingerprint density at radius 3 is 3.12 bits per heavy atom. The van der Waals surface area contributed by atoms with E-state index in [1.807, 2.05) is 16.3 Å². The molecule has 6 nitrogen and oxygen atoms in total. The summed E-state index contributed by atoms with van der Waals surface area (Å²) in [4.78, 5) is 26.2. The summed E-state index contributed by atoms with van der Waals surface area (Å²) in [6.07, 6.45) is 4.58. The SMILES string of the molecule is COCCN1CCCC2(CCN(c3ncnc4ccsc34)C2)C1=O. The van der Waals surface area contributed by atoms with E-state index < -0.39 is 0 Å². The molecule has 2 fully saturated rings. The van der Waals surface area contributed by atoms with Crippen molar-refractivity contribution in [1.29, 1.82) is 0 Å². The molecule has 0 saturated carbocycles.